The van der Waals surface area contributed by atoms with Gasteiger partial charge in [0.15, 0.2) is 0 Å². The SMILES string of the molecule is CC(C)Oc1ccc(-c2ccc(C(O)C3CCCNC3)cc2)cc1. The second-order valence-electron chi connectivity index (χ2n) is 6.86. The molecule has 2 aromatic carbocycles. The van der Waals surface area contributed by atoms with Gasteiger partial charge in [0, 0.05) is 12.5 Å². The van der Waals surface area contributed by atoms with Gasteiger partial charge >= 0.3 is 0 Å². The molecule has 0 amide bonds. The molecule has 3 rings (SSSR count). The Morgan fingerprint density at radius 3 is 2.17 bits per heavy atom. The van der Waals surface area contributed by atoms with Crippen molar-refractivity contribution in [2.75, 3.05) is 13.1 Å². The van der Waals surface area contributed by atoms with Gasteiger partial charge in [-0.05, 0) is 62.1 Å². The first-order valence-corrected chi connectivity index (χ1v) is 8.89. The Bertz CT molecular complexity index is 628. The fourth-order valence-corrected chi connectivity index (χ4v) is 3.29. The van der Waals surface area contributed by atoms with Gasteiger partial charge in [0.25, 0.3) is 0 Å². The number of aliphatic hydroxyl groups excluding tert-OH is 1. The van der Waals surface area contributed by atoms with Crippen molar-refractivity contribution in [2.24, 2.45) is 5.92 Å². The van der Waals surface area contributed by atoms with Crippen molar-refractivity contribution in [1.29, 1.82) is 0 Å². The molecule has 3 nitrogen and oxygen atoms in total. The molecule has 0 bridgehead atoms. The van der Waals surface area contributed by atoms with Crippen LogP contribution in [0.2, 0.25) is 0 Å². The number of rotatable bonds is 5. The molecule has 24 heavy (non-hydrogen) atoms. The second-order valence-corrected chi connectivity index (χ2v) is 6.86. The summed E-state index contributed by atoms with van der Waals surface area (Å²) in [6, 6.07) is 16.4. The van der Waals surface area contributed by atoms with E-state index in [-0.39, 0.29) is 12.2 Å². The van der Waals surface area contributed by atoms with Gasteiger partial charge in [0.1, 0.15) is 5.75 Å². The fraction of sp³-hybridized carbons (Fsp3) is 0.429. The number of piperidine rings is 1. The van der Waals surface area contributed by atoms with E-state index >= 15 is 0 Å². The van der Waals surface area contributed by atoms with Gasteiger partial charge in [-0.25, -0.2) is 0 Å². The number of hydrogen-bond acceptors (Lipinski definition) is 3. The van der Waals surface area contributed by atoms with Crippen LogP contribution in [0.25, 0.3) is 11.1 Å². The van der Waals surface area contributed by atoms with Crippen molar-refractivity contribution in [2.45, 2.75) is 38.9 Å². The van der Waals surface area contributed by atoms with E-state index in [2.05, 4.69) is 29.6 Å². The van der Waals surface area contributed by atoms with E-state index in [0.29, 0.717) is 5.92 Å². The summed E-state index contributed by atoms with van der Waals surface area (Å²) in [7, 11) is 0. The highest BCUT2D eigenvalue weighted by Gasteiger charge is 2.22. The van der Waals surface area contributed by atoms with E-state index in [0.717, 1.165) is 48.4 Å². The van der Waals surface area contributed by atoms with Crippen molar-refractivity contribution >= 4 is 0 Å². The van der Waals surface area contributed by atoms with Crippen LogP contribution in [0.15, 0.2) is 48.5 Å². The third-order valence-electron chi connectivity index (χ3n) is 4.59. The van der Waals surface area contributed by atoms with E-state index in [4.69, 9.17) is 4.74 Å². The molecule has 0 saturated carbocycles. The molecule has 0 aromatic heterocycles. The lowest BCUT2D eigenvalue weighted by Gasteiger charge is -2.27. The Balaban J connectivity index is 1.69. The summed E-state index contributed by atoms with van der Waals surface area (Å²) >= 11 is 0. The molecule has 0 radical (unpaired) electrons. The molecule has 1 fully saturated rings. The molecule has 1 heterocycles. The quantitative estimate of drug-likeness (QED) is 0.867. The average Bonchev–Trinajstić information content (AvgIpc) is 2.62. The average molecular weight is 325 g/mol. The molecular formula is C21H27NO2. The zero-order valence-electron chi connectivity index (χ0n) is 14.5. The van der Waals surface area contributed by atoms with Crippen LogP contribution in [-0.2, 0) is 0 Å². The fourth-order valence-electron chi connectivity index (χ4n) is 3.29. The zero-order chi connectivity index (χ0) is 16.9. The number of ether oxygens (including phenoxy) is 1. The molecule has 2 unspecified atom stereocenters. The summed E-state index contributed by atoms with van der Waals surface area (Å²) in [5.74, 6) is 1.21. The van der Waals surface area contributed by atoms with E-state index < -0.39 is 0 Å². The second kappa shape index (κ2) is 7.82. The molecule has 2 aromatic rings. The Labute approximate surface area is 144 Å². The molecule has 1 saturated heterocycles. The highest BCUT2D eigenvalue weighted by molar-refractivity contribution is 5.64. The predicted molar refractivity (Wildman–Crippen MR) is 98.2 cm³/mol. The number of hydrogen-bond donors (Lipinski definition) is 2. The molecule has 1 aliphatic rings. The van der Waals surface area contributed by atoms with Gasteiger partial charge in [-0.1, -0.05) is 36.4 Å². The van der Waals surface area contributed by atoms with Crippen LogP contribution in [0.3, 0.4) is 0 Å². The summed E-state index contributed by atoms with van der Waals surface area (Å²) in [6.45, 7) is 6.03. The van der Waals surface area contributed by atoms with Crippen LogP contribution >= 0.6 is 0 Å². The zero-order valence-corrected chi connectivity index (χ0v) is 14.5. The lowest BCUT2D eigenvalue weighted by atomic mass is 9.89. The molecule has 3 heteroatoms. The summed E-state index contributed by atoms with van der Waals surface area (Å²) in [4.78, 5) is 0. The third kappa shape index (κ3) is 4.16. The van der Waals surface area contributed by atoms with Crippen LogP contribution in [-0.4, -0.2) is 24.3 Å². The highest BCUT2D eigenvalue weighted by atomic mass is 16.5. The van der Waals surface area contributed by atoms with Crippen LogP contribution in [0.1, 0.15) is 38.4 Å². The summed E-state index contributed by atoms with van der Waals surface area (Å²) in [5, 5.41) is 13.9. The molecule has 1 aliphatic heterocycles. The highest BCUT2D eigenvalue weighted by Crippen LogP contribution is 2.29. The minimum atomic E-state index is -0.381. The van der Waals surface area contributed by atoms with Gasteiger partial charge in [-0.3, -0.25) is 0 Å². The smallest absolute Gasteiger partial charge is 0.119 e. The number of aliphatic hydroxyl groups is 1. The van der Waals surface area contributed by atoms with Gasteiger partial charge < -0.3 is 15.2 Å². The van der Waals surface area contributed by atoms with E-state index in [1.54, 1.807) is 0 Å². The molecule has 2 atom stereocenters. The van der Waals surface area contributed by atoms with Gasteiger partial charge in [-0.2, -0.15) is 0 Å². The first kappa shape index (κ1) is 17.0. The first-order valence-electron chi connectivity index (χ1n) is 8.89. The molecule has 2 N–H and O–H groups in total. The Morgan fingerprint density at radius 2 is 1.62 bits per heavy atom. The van der Waals surface area contributed by atoms with Gasteiger partial charge in [0.2, 0.25) is 0 Å². The van der Waals surface area contributed by atoms with E-state index in [9.17, 15) is 5.11 Å². The van der Waals surface area contributed by atoms with Crippen LogP contribution < -0.4 is 10.1 Å². The minimum Gasteiger partial charge on any atom is -0.491 e. The largest absolute Gasteiger partial charge is 0.491 e. The van der Waals surface area contributed by atoms with Gasteiger partial charge in [-0.15, -0.1) is 0 Å². The van der Waals surface area contributed by atoms with Crippen LogP contribution in [0, 0.1) is 5.92 Å². The summed E-state index contributed by atoms with van der Waals surface area (Å²) in [5.41, 5.74) is 3.32. The Morgan fingerprint density at radius 1 is 1.00 bits per heavy atom. The summed E-state index contributed by atoms with van der Waals surface area (Å²) in [6.07, 6.45) is 2.04. The molecule has 128 valence electrons. The van der Waals surface area contributed by atoms with E-state index in [1.807, 2.05) is 38.1 Å². The number of nitrogens with one attached hydrogen (secondary N) is 1. The van der Waals surface area contributed by atoms with Crippen molar-refractivity contribution in [1.82, 2.24) is 5.32 Å². The Kier molecular flexibility index (Phi) is 5.54. The standard InChI is InChI=1S/C21H27NO2/c1-15(2)24-20-11-9-17(10-12-20)16-5-7-18(8-6-16)21(23)19-4-3-13-22-14-19/h5-12,15,19,21-23H,3-4,13-14H2,1-2H3. The predicted octanol–water partition coefficient (Wildman–Crippen LogP) is 4.17. The maximum atomic E-state index is 10.6. The van der Waals surface area contributed by atoms with Crippen molar-refractivity contribution < 1.29 is 9.84 Å². The Hall–Kier alpha value is -1.84. The maximum Gasteiger partial charge on any atom is 0.119 e. The van der Waals surface area contributed by atoms with Crippen molar-refractivity contribution in [3.63, 3.8) is 0 Å². The maximum absolute atomic E-state index is 10.6. The van der Waals surface area contributed by atoms with Crippen LogP contribution in [0.5, 0.6) is 5.75 Å². The van der Waals surface area contributed by atoms with E-state index in [1.165, 1.54) is 0 Å². The molecule has 0 aliphatic carbocycles. The molecule has 0 spiro atoms. The normalized spacial score (nSPS) is 19.2. The monoisotopic (exact) mass is 325 g/mol. The summed E-state index contributed by atoms with van der Waals surface area (Å²) < 4.78 is 5.68. The lowest BCUT2D eigenvalue weighted by molar-refractivity contribution is 0.0922. The first-order chi connectivity index (χ1) is 11.6. The topological polar surface area (TPSA) is 41.5 Å². The minimum absolute atomic E-state index is 0.186. The van der Waals surface area contributed by atoms with Crippen LogP contribution in [0.4, 0.5) is 0 Å². The van der Waals surface area contributed by atoms with Crippen molar-refractivity contribution in [3.8, 4) is 16.9 Å². The molecular weight excluding hydrogens is 298 g/mol. The van der Waals surface area contributed by atoms with Gasteiger partial charge in [0.05, 0.1) is 12.2 Å². The lowest BCUT2D eigenvalue weighted by Crippen LogP contribution is -2.33. The van der Waals surface area contributed by atoms with Crippen molar-refractivity contribution in [3.05, 3.63) is 54.1 Å². The third-order valence-corrected chi connectivity index (χ3v) is 4.59. The number of benzene rings is 2.